The normalized spacial score (nSPS) is 15.1. The van der Waals surface area contributed by atoms with Crippen LogP contribution in [0, 0.1) is 11.3 Å². The topological polar surface area (TPSA) is 39.4 Å². The fourth-order valence-electron chi connectivity index (χ4n) is 3.93. The molecule has 0 bridgehead atoms. The molecule has 1 aliphatic heterocycles. The van der Waals surface area contributed by atoms with Gasteiger partial charge in [0.25, 0.3) is 0 Å². The summed E-state index contributed by atoms with van der Waals surface area (Å²) >= 11 is 3.49. The summed E-state index contributed by atoms with van der Waals surface area (Å²) in [6.07, 6.45) is 6.41. The van der Waals surface area contributed by atoms with Gasteiger partial charge in [-0.1, -0.05) is 30.0 Å². The molecule has 1 aliphatic carbocycles. The summed E-state index contributed by atoms with van der Waals surface area (Å²) in [7, 11) is 2.11. The van der Waals surface area contributed by atoms with E-state index in [0.717, 1.165) is 29.0 Å². The smallest absolute Gasteiger partial charge is 0.134 e. The first kappa shape index (κ1) is 17.5. The van der Waals surface area contributed by atoms with E-state index in [-0.39, 0.29) is 0 Å². The number of nitriles is 1. The quantitative estimate of drug-likeness (QED) is 0.461. The summed E-state index contributed by atoms with van der Waals surface area (Å²) in [4.78, 5) is 10.8. The van der Waals surface area contributed by atoms with E-state index in [1.807, 2.05) is 6.21 Å². The van der Waals surface area contributed by atoms with Crippen molar-refractivity contribution in [2.24, 2.45) is 4.99 Å². The Morgan fingerprint density at radius 1 is 1.07 bits per heavy atom. The molecule has 0 fully saturated rings. The van der Waals surface area contributed by atoms with Gasteiger partial charge in [-0.2, -0.15) is 5.26 Å². The number of anilines is 2. The van der Waals surface area contributed by atoms with Crippen LogP contribution < -0.4 is 4.90 Å². The Morgan fingerprint density at radius 2 is 1.89 bits per heavy atom. The minimum Gasteiger partial charge on any atom is -0.343 e. The molecule has 0 radical (unpaired) electrons. The van der Waals surface area contributed by atoms with Gasteiger partial charge >= 0.3 is 0 Å². The van der Waals surface area contributed by atoms with Crippen molar-refractivity contribution >= 4 is 45.7 Å². The first-order valence-corrected chi connectivity index (χ1v) is 11.1. The Hall–Kier alpha value is -2.55. The zero-order valence-corrected chi connectivity index (χ0v) is 17.2. The molecule has 3 aromatic rings. The number of aryl methyl sites for hydroxylation is 1. The van der Waals surface area contributed by atoms with Gasteiger partial charge in [0.1, 0.15) is 11.1 Å². The maximum absolute atomic E-state index is 9.61. The molecule has 0 atom stereocenters. The molecule has 5 rings (SSSR count). The van der Waals surface area contributed by atoms with Gasteiger partial charge in [0.15, 0.2) is 0 Å². The Kier molecular flexibility index (Phi) is 4.46. The van der Waals surface area contributed by atoms with Crippen molar-refractivity contribution in [3.8, 4) is 6.07 Å². The van der Waals surface area contributed by atoms with E-state index < -0.39 is 0 Å². The summed E-state index contributed by atoms with van der Waals surface area (Å²) in [6.45, 7) is 0. The van der Waals surface area contributed by atoms with Gasteiger partial charge in [0.2, 0.25) is 0 Å². The maximum atomic E-state index is 9.61. The van der Waals surface area contributed by atoms with Crippen LogP contribution in [0.2, 0.25) is 0 Å². The van der Waals surface area contributed by atoms with Crippen molar-refractivity contribution < 1.29 is 0 Å². The van der Waals surface area contributed by atoms with Crippen LogP contribution in [0.4, 0.5) is 16.4 Å². The molecule has 1 aromatic heterocycles. The number of para-hydroxylation sites is 1. The standard InChI is InChI=1S/C23H19N3S2/c1-26-18-7-3-5-9-21(18)27-22-12-15(10-11-19(22)26)14-25-23-17(13-24)16-6-2-4-8-20(16)28-23/h3,5,7,9-12,14H,2,4,6,8H2,1H3. The lowest BCUT2D eigenvalue weighted by molar-refractivity contribution is 0.696. The molecule has 0 unspecified atom stereocenters. The van der Waals surface area contributed by atoms with Crippen LogP contribution in [0.3, 0.4) is 0 Å². The first-order valence-electron chi connectivity index (χ1n) is 9.48. The zero-order valence-electron chi connectivity index (χ0n) is 15.6. The van der Waals surface area contributed by atoms with Gasteiger partial charge in [-0.15, -0.1) is 11.3 Å². The van der Waals surface area contributed by atoms with Gasteiger partial charge in [-0.25, -0.2) is 4.99 Å². The molecule has 28 heavy (non-hydrogen) atoms. The summed E-state index contributed by atoms with van der Waals surface area (Å²) in [5, 5.41) is 10.5. The predicted octanol–water partition coefficient (Wildman–Crippen LogP) is 6.48. The highest BCUT2D eigenvalue weighted by Gasteiger charge is 2.21. The van der Waals surface area contributed by atoms with Gasteiger partial charge in [0.05, 0.1) is 16.9 Å². The summed E-state index contributed by atoms with van der Waals surface area (Å²) in [5.74, 6) is 0. The Balaban J connectivity index is 1.47. The van der Waals surface area contributed by atoms with Crippen molar-refractivity contribution in [3.63, 3.8) is 0 Å². The number of aliphatic imine (C=N–C) groups is 1. The second-order valence-electron chi connectivity index (χ2n) is 7.12. The fraction of sp³-hybridized carbons (Fsp3) is 0.217. The number of fused-ring (bicyclic) bond motifs is 3. The van der Waals surface area contributed by atoms with E-state index in [2.05, 4.69) is 60.5 Å². The third-order valence-corrected chi connectivity index (χ3v) is 7.70. The molecule has 3 nitrogen and oxygen atoms in total. The molecule has 2 aliphatic rings. The summed E-state index contributed by atoms with van der Waals surface area (Å²) < 4.78 is 0. The average molecular weight is 402 g/mol. The van der Waals surface area contributed by atoms with Crippen molar-refractivity contribution in [2.45, 2.75) is 35.5 Å². The second-order valence-corrected chi connectivity index (χ2v) is 9.28. The van der Waals surface area contributed by atoms with Crippen LogP contribution in [0.5, 0.6) is 0 Å². The molecule has 0 amide bonds. The summed E-state index contributed by atoms with van der Waals surface area (Å²) in [6, 6.07) is 17.3. The highest BCUT2D eigenvalue weighted by atomic mass is 32.2. The largest absolute Gasteiger partial charge is 0.343 e. The van der Waals surface area contributed by atoms with E-state index in [0.29, 0.717) is 0 Å². The predicted molar refractivity (Wildman–Crippen MR) is 118 cm³/mol. The number of benzene rings is 2. The highest BCUT2D eigenvalue weighted by Crippen LogP contribution is 2.47. The third-order valence-electron chi connectivity index (χ3n) is 5.39. The van der Waals surface area contributed by atoms with Crippen LogP contribution in [0.15, 0.2) is 57.2 Å². The van der Waals surface area contributed by atoms with E-state index in [1.54, 1.807) is 23.1 Å². The molecular formula is C23H19N3S2. The number of thiophene rings is 1. The lowest BCUT2D eigenvalue weighted by Crippen LogP contribution is -2.14. The SMILES string of the molecule is CN1c2ccccc2Sc2cc(C=Nc3sc4c(c3C#N)CCCC4)ccc21. The van der Waals surface area contributed by atoms with Crippen LogP contribution >= 0.6 is 23.1 Å². The van der Waals surface area contributed by atoms with Crippen molar-refractivity contribution in [1.82, 2.24) is 0 Å². The van der Waals surface area contributed by atoms with Gasteiger partial charge in [0, 0.05) is 27.9 Å². The minimum absolute atomic E-state index is 0.789. The number of nitrogens with zero attached hydrogens (tertiary/aromatic N) is 3. The first-order chi connectivity index (χ1) is 13.7. The highest BCUT2D eigenvalue weighted by molar-refractivity contribution is 7.99. The third kappa shape index (κ3) is 2.94. The number of hydrogen-bond acceptors (Lipinski definition) is 5. The number of rotatable bonds is 2. The van der Waals surface area contributed by atoms with E-state index >= 15 is 0 Å². The minimum atomic E-state index is 0.789. The molecule has 2 heterocycles. The molecule has 0 saturated heterocycles. The molecule has 0 spiro atoms. The van der Waals surface area contributed by atoms with Crippen molar-refractivity contribution in [1.29, 1.82) is 5.26 Å². The monoisotopic (exact) mass is 401 g/mol. The summed E-state index contributed by atoms with van der Waals surface area (Å²) in [5.41, 5.74) is 5.55. The molecular weight excluding hydrogens is 382 g/mol. The fourth-order valence-corrected chi connectivity index (χ4v) is 6.31. The zero-order chi connectivity index (χ0) is 19.1. The second kappa shape index (κ2) is 7.12. The number of hydrogen-bond donors (Lipinski definition) is 0. The van der Waals surface area contributed by atoms with E-state index in [1.165, 1.54) is 44.4 Å². The van der Waals surface area contributed by atoms with Crippen molar-refractivity contribution in [2.75, 3.05) is 11.9 Å². The van der Waals surface area contributed by atoms with Gasteiger partial charge in [-0.05, 0) is 61.1 Å². The molecule has 138 valence electrons. The van der Waals surface area contributed by atoms with Crippen LogP contribution in [0.25, 0.3) is 0 Å². The van der Waals surface area contributed by atoms with E-state index in [9.17, 15) is 5.26 Å². The van der Waals surface area contributed by atoms with E-state index in [4.69, 9.17) is 4.99 Å². The Morgan fingerprint density at radius 3 is 2.79 bits per heavy atom. The van der Waals surface area contributed by atoms with Gasteiger partial charge < -0.3 is 4.90 Å². The Labute approximate surface area is 173 Å². The van der Waals surface area contributed by atoms with Crippen LogP contribution in [-0.4, -0.2) is 13.3 Å². The Bertz CT molecular complexity index is 1140. The molecule has 0 N–H and O–H groups in total. The maximum Gasteiger partial charge on any atom is 0.134 e. The van der Waals surface area contributed by atoms with Gasteiger partial charge in [-0.3, -0.25) is 0 Å². The molecule has 0 saturated carbocycles. The lowest BCUT2D eigenvalue weighted by Gasteiger charge is -2.29. The van der Waals surface area contributed by atoms with Crippen LogP contribution in [0.1, 0.15) is 34.4 Å². The molecule has 2 aromatic carbocycles. The lowest BCUT2D eigenvalue weighted by atomic mass is 9.96. The van der Waals surface area contributed by atoms with Crippen LogP contribution in [-0.2, 0) is 12.8 Å². The van der Waals surface area contributed by atoms with Crippen molar-refractivity contribution in [3.05, 3.63) is 64.0 Å². The molecule has 5 heteroatoms. The average Bonchev–Trinajstić information content (AvgIpc) is 3.10.